The maximum Gasteiger partial charge on any atom is 0.307 e. The summed E-state index contributed by atoms with van der Waals surface area (Å²) in [6.07, 6.45) is 0.0723. The van der Waals surface area contributed by atoms with Crippen molar-refractivity contribution in [1.82, 2.24) is 5.32 Å². The molecule has 0 bridgehead atoms. The van der Waals surface area contributed by atoms with Crippen LogP contribution < -0.4 is 14.8 Å². The minimum atomic E-state index is -0.946. The number of aryl methyl sites for hydroxylation is 1. The van der Waals surface area contributed by atoms with Crippen molar-refractivity contribution in [2.45, 2.75) is 65.0 Å². The van der Waals surface area contributed by atoms with Crippen molar-refractivity contribution in [1.29, 1.82) is 0 Å². The number of benzene rings is 1. The summed E-state index contributed by atoms with van der Waals surface area (Å²) in [5, 5.41) is 2.65. The maximum absolute atomic E-state index is 12.9. The Balaban J connectivity index is 2.91. The number of carbonyl (C=O) groups is 4. The number of esters is 1. The molecule has 1 N–H and O–H groups in total. The summed E-state index contributed by atoms with van der Waals surface area (Å²) in [4.78, 5) is 49.8. The Labute approximate surface area is 201 Å². The second-order valence-electron chi connectivity index (χ2n) is 9.03. The summed E-state index contributed by atoms with van der Waals surface area (Å²) >= 11 is 0. The third-order valence-corrected chi connectivity index (χ3v) is 4.90. The van der Waals surface area contributed by atoms with Gasteiger partial charge >= 0.3 is 5.97 Å². The average Bonchev–Trinajstić information content (AvgIpc) is 2.74. The zero-order chi connectivity index (χ0) is 25.9. The van der Waals surface area contributed by atoms with Crippen LogP contribution in [0, 0.1) is 5.92 Å². The molecular weight excluding hydrogens is 442 g/mol. The van der Waals surface area contributed by atoms with E-state index in [-0.39, 0.29) is 37.4 Å². The predicted octanol–water partition coefficient (Wildman–Crippen LogP) is 2.66. The van der Waals surface area contributed by atoms with E-state index in [1.807, 2.05) is 6.07 Å². The van der Waals surface area contributed by atoms with Gasteiger partial charge in [-0.3, -0.25) is 14.4 Å². The number of ketones is 2. The first-order valence-electron chi connectivity index (χ1n) is 11.1. The van der Waals surface area contributed by atoms with Crippen molar-refractivity contribution in [3.05, 3.63) is 23.8 Å². The first kappa shape index (κ1) is 29.1. The number of amides is 1. The first-order chi connectivity index (χ1) is 15.9. The number of hydrogen-bond acceptors (Lipinski definition) is 8. The van der Waals surface area contributed by atoms with E-state index in [0.717, 1.165) is 5.56 Å². The van der Waals surface area contributed by atoms with Crippen LogP contribution in [0.4, 0.5) is 0 Å². The summed E-state index contributed by atoms with van der Waals surface area (Å²) in [5.41, 5.74) is 0.0708. The number of ether oxygens (including phenoxy) is 4. The lowest BCUT2D eigenvalue weighted by molar-refractivity contribution is -0.157. The number of nitrogens with one attached hydrogen (secondary N) is 1. The normalized spacial score (nSPS) is 12.9. The summed E-state index contributed by atoms with van der Waals surface area (Å²) in [7, 11) is 4.48. The molecule has 0 aliphatic rings. The lowest BCUT2D eigenvalue weighted by atomic mass is 9.96. The molecule has 1 rings (SSSR count). The van der Waals surface area contributed by atoms with Gasteiger partial charge < -0.3 is 29.1 Å². The molecule has 1 aromatic rings. The van der Waals surface area contributed by atoms with Gasteiger partial charge in [-0.25, -0.2) is 0 Å². The van der Waals surface area contributed by atoms with Crippen molar-refractivity contribution in [3.63, 3.8) is 0 Å². The fourth-order valence-corrected chi connectivity index (χ4v) is 3.44. The highest BCUT2D eigenvalue weighted by Gasteiger charge is 2.30. The average molecular weight is 480 g/mol. The number of rotatable bonds is 14. The number of carbonyl (C=O) groups excluding carboxylic acids is 4. The minimum Gasteiger partial charge on any atom is -0.493 e. The van der Waals surface area contributed by atoms with Crippen LogP contribution in [-0.4, -0.2) is 63.0 Å². The highest BCUT2D eigenvalue weighted by Crippen LogP contribution is 2.31. The van der Waals surface area contributed by atoms with Crippen molar-refractivity contribution < 1.29 is 38.1 Å². The predicted molar refractivity (Wildman–Crippen MR) is 126 cm³/mol. The molecule has 1 aromatic carbocycles. The smallest absolute Gasteiger partial charge is 0.307 e. The SMILES string of the molecule is COC[C@H](NC(=O)[C@H](CC(C)=O)CC(=O)OC(C)(C)C)C(=O)CCc1cccc(OC)c1OC. The van der Waals surface area contributed by atoms with Gasteiger partial charge in [0.25, 0.3) is 0 Å². The summed E-state index contributed by atoms with van der Waals surface area (Å²) < 4.78 is 21.1. The van der Waals surface area contributed by atoms with Crippen LogP contribution >= 0.6 is 0 Å². The van der Waals surface area contributed by atoms with E-state index in [1.54, 1.807) is 32.9 Å². The van der Waals surface area contributed by atoms with E-state index in [9.17, 15) is 19.2 Å². The summed E-state index contributed by atoms with van der Waals surface area (Å²) in [6, 6.07) is 4.47. The molecule has 0 radical (unpaired) electrons. The molecule has 0 saturated heterocycles. The van der Waals surface area contributed by atoms with Gasteiger partial charge in [-0.15, -0.1) is 0 Å². The quantitative estimate of drug-likeness (QED) is 0.405. The van der Waals surface area contributed by atoms with E-state index in [0.29, 0.717) is 17.9 Å². The van der Waals surface area contributed by atoms with E-state index < -0.39 is 29.4 Å². The van der Waals surface area contributed by atoms with Gasteiger partial charge in [0, 0.05) is 20.0 Å². The van der Waals surface area contributed by atoms with Crippen LogP contribution in [-0.2, 0) is 35.1 Å². The first-order valence-corrected chi connectivity index (χ1v) is 11.1. The molecule has 0 unspecified atom stereocenters. The summed E-state index contributed by atoms with van der Waals surface area (Å²) in [5.74, 6) is -1.50. The standard InChI is InChI=1S/C25H37NO8/c1-16(27)13-18(14-22(29)34-25(2,3)4)24(30)26-19(15-31-5)20(28)12-11-17-9-8-10-21(32-6)23(17)33-7/h8-10,18-19H,11-15H2,1-7H3,(H,26,30)/t18-,19+/m1/s1. The number of methoxy groups -OCH3 is 3. The number of Topliss-reactive ketones (excluding diaryl/α,β-unsaturated/α-hetero) is 2. The van der Waals surface area contributed by atoms with Gasteiger partial charge in [0.2, 0.25) is 5.91 Å². The van der Waals surface area contributed by atoms with Crippen molar-refractivity contribution in [3.8, 4) is 11.5 Å². The molecule has 34 heavy (non-hydrogen) atoms. The van der Waals surface area contributed by atoms with Crippen LogP contribution in [0.2, 0.25) is 0 Å². The number of para-hydroxylation sites is 1. The van der Waals surface area contributed by atoms with Crippen LogP contribution in [0.3, 0.4) is 0 Å². The Morgan fingerprint density at radius 1 is 1.00 bits per heavy atom. The van der Waals surface area contributed by atoms with Crippen LogP contribution in [0.15, 0.2) is 18.2 Å². The molecule has 0 saturated carbocycles. The third kappa shape index (κ3) is 9.91. The second kappa shape index (κ2) is 13.7. The Kier molecular flexibility index (Phi) is 11.7. The molecule has 0 aliphatic carbocycles. The lowest BCUT2D eigenvalue weighted by Crippen LogP contribution is -2.47. The highest BCUT2D eigenvalue weighted by molar-refractivity contribution is 5.93. The Hall–Kier alpha value is -2.94. The molecule has 1 amide bonds. The molecule has 0 spiro atoms. The van der Waals surface area contributed by atoms with E-state index in [1.165, 1.54) is 28.3 Å². The van der Waals surface area contributed by atoms with Gasteiger partial charge in [-0.1, -0.05) is 12.1 Å². The highest BCUT2D eigenvalue weighted by atomic mass is 16.6. The maximum atomic E-state index is 12.9. The van der Waals surface area contributed by atoms with Gasteiger partial charge in [-0.05, 0) is 45.7 Å². The molecule has 190 valence electrons. The largest absolute Gasteiger partial charge is 0.493 e. The van der Waals surface area contributed by atoms with Gasteiger partial charge in [-0.2, -0.15) is 0 Å². The molecular formula is C25H37NO8. The zero-order valence-electron chi connectivity index (χ0n) is 21.2. The van der Waals surface area contributed by atoms with Crippen LogP contribution in [0.25, 0.3) is 0 Å². The van der Waals surface area contributed by atoms with Crippen molar-refractivity contribution >= 4 is 23.4 Å². The minimum absolute atomic E-state index is 0.0426. The molecule has 9 nitrogen and oxygen atoms in total. The Bertz CT molecular complexity index is 859. The van der Waals surface area contributed by atoms with E-state index in [2.05, 4.69) is 5.32 Å². The molecule has 0 aliphatic heterocycles. The van der Waals surface area contributed by atoms with Gasteiger partial charge in [0.15, 0.2) is 17.3 Å². The molecule has 0 aromatic heterocycles. The van der Waals surface area contributed by atoms with Gasteiger partial charge in [0.1, 0.15) is 17.4 Å². The molecule has 9 heteroatoms. The molecule has 0 fully saturated rings. The van der Waals surface area contributed by atoms with E-state index >= 15 is 0 Å². The van der Waals surface area contributed by atoms with Crippen molar-refractivity contribution in [2.75, 3.05) is 27.9 Å². The van der Waals surface area contributed by atoms with E-state index in [4.69, 9.17) is 18.9 Å². The van der Waals surface area contributed by atoms with Gasteiger partial charge in [0.05, 0.1) is 33.2 Å². The lowest BCUT2D eigenvalue weighted by Gasteiger charge is -2.23. The fraction of sp³-hybridized carbons (Fsp3) is 0.600. The zero-order valence-corrected chi connectivity index (χ0v) is 21.2. The third-order valence-electron chi connectivity index (χ3n) is 4.90. The topological polar surface area (TPSA) is 117 Å². The Morgan fingerprint density at radius 2 is 1.68 bits per heavy atom. The van der Waals surface area contributed by atoms with Crippen LogP contribution in [0.1, 0.15) is 52.5 Å². The Morgan fingerprint density at radius 3 is 2.21 bits per heavy atom. The molecule has 0 heterocycles. The fourth-order valence-electron chi connectivity index (χ4n) is 3.44. The van der Waals surface area contributed by atoms with Crippen LogP contribution in [0.5, 0.6) is 11.5 Å². The second-order valence-corrected chi connectivity index (χ2v) is 9.03. The van der Waals surface area contributed by atoms with Crippen molar-refractivity contribution in [2.24, 2.45) is 5.92 Å². The number of hydrogen-bond donors (Lipinski definition) is 1. The molecule has 2 atom stereocenters. The monoisotopic (exact) mass is 479 g/mol. The summed E-state index contributed by atoms with van der Waals surface area (Å²) in [6.45, 7) is 6.45.